The highest BCUT2D eigenvalue weighted by molar-refractivity contribution is 5.90. The maximum Gasteiger partial charge on any atom is 0.245 e. The summed E-state index contributed by atoms with van der Waals surface area (Å²) in [4.78, 5) is 57.0. The molecule has 11 heteroatoms. The first-order chi connectivity index (χ1) is 20.2. The molecular formula is C32H61N5O6. The molecule has 0 aromatic rings. The van der Waals surface area contributed by atoms with Crippen LogP contribution in [-0.4, -0.2) is 111 Å². The number of methoxy groups -OCH3 is 2. The van der Waals surface area contributed by atoms with E-state index in [-0.39, 0.29) is 53.8 Å². The molecule has 0 saturated carbocycles. The summed E-state index contributed by atoms with van der Waals surface area (Å²) in [6.07, 6.45) is 1.42. The molecule has 1 aliphatic heterocycles. The lowest BCUT2D eigenvalue weighted by atomic mass is 9.89. The predicted octanol–water partition coefficient (Wildman–Crippen LogP) is 2.43. The Kier molecular flexibility index (Phi) is 16.7. The number of amides is 4. The zero-order valence-corrected chi connectivity index (χ0v) is 28.9. The highest BCUT2D eigenvalue weighted by atomic mass is 16.5. The number of hydrogen-bond donors (Lipinski definition) is 3. The van der Waals surface area contributed by atoms with Gasteiger partial charge < -0.3 is 35.2 Å². The van der Waals surface area contributed by atoms with Crippen molar-refractivity contribution in [1.29, 1.82) is 0 Å². The normalized spacial score (nSPS) is 20.2. The van der Waals surface area contributed by atoms with E-state index in [1.807, 2.05) is 46.4 Å². The molecule has 4 amide bonds. The second-order valence-corrected chi connectivity index (χ2v) is 12.7. The van der Waals surface area contributed by atoms with E-state index >= 15 is 0 Å². The molecular weight excluding hydrogens is 550 g/mol. The SMILES string of the molecule is CCNC(=O)C(C)C(OC)C1CCCN1C(=O)CC(OC)C(C(C)CC)N(C)C(=O)C(NC(=O)C(NC)C(C)C)C(C)C. The molecule has 8 atom stereocenters. The van der Waals surface area contributed by atoms with Gasteiger partial charge in [0, 0.05) is 34.4 Å². The fourth-order valence-electron chi connectivity index (χ4n) is 6.38. The van der Waals surface area contributed by atoms with E-state index in [2.05, 4.69) is 29.8 Å². The molecule has 250 valence electrons. The summed E-state index contributed by atoms with van der Waals surface area (Å²) in [6.45, 7) is 16.7. The molecule has 11 nitrogen and oxygen atoms in total. The molecule has 1 heterocycles. The van der Waals surface area contributed by atoms with Crippen molar-refractivity contribution in [2.24, 2.45) is 23.7 Å². The third-order valence-electron chi connectivity index (χ3n) is 9.10. The predicted molar refractivity (Wildman–Crippen MR) is 169 cm³/mol. The van der Waals surface area contributed by atoms with E-state index in [9.17, 15) is 19.2 Å². The van der Waals surface area contributed by atoms with Gasteiger partial charge in [0.25, 0.3) is 0 Å². The maximum absolute atomic E-state index is 14.0. The largest absolute Gasteiger partial charge is 0.379 e. The van der Waals surface area contributed by atoms with Crippen LogP contribution in [0.4, 0.5) is 0 Å². The molecule has 43 heavy (non-hydrogen) atoms. The highest BCUT2D eigenvalue weighted by Crippen LogP contribution is 2.29. The van der Waals surface area contributed by atoms with Gasteiger partial charge >= 0.3 is 0 Å². The fraction of sp³-hybridized carbons (Fsp3) is 0.875. The van der Waals surface area contributed by atoms with Crippen LogP contribution in [-0.2, 0) is 28.7 Å². The molecule has 1 aliphatic rings. The monoisotopic (exact) mass is 611 g/mol. The first-order valence-electron chi connectivity index (χ1n) is 16.1. The molecule has 8 unspecified atom stereocenters. The van der Waals surface area contributed by atoms with E-state index in [0.29, 0.717) is 13.1 Å². The average molecular weight is 612 g/mol. The van der Waals surface area contributed by atoms with Gasteiger partial charge in [-0.05, 0) is 44.6 Å². The molecule has 0 bridgehead atoms. The van der Waals surface area contributed by atoms with Crippen LogP contribution in [0.25, 0.3) is 0 Å². The van der Waals surface area contributed by atoms with Crippen molar-refractivity contribution >= 4 is 23.6 Å². The number of rotatable bonds is 18. The van der Waals surface area contributed by atoms with Crippen molar-refractivity contribution in [2.45, 2.75) is 117 Å². The summed E-state index contributed by atoms with van der Waals surface area (Å²) in [6, 6.07) is -1.78. The molecule has 0 aromatic carbocycles. The van der Waals surface area contributed by atoms with Gasteiger partial charge in [-0.2, -0.15) is 0 Å². The molecule has 1 rings (SSSR count). The van der Waals surface area contributed by atoms with Crippen molar-refractivity contribution in [1.82, 2.24) is 25.8 Å². The Morgan fingerprint density at radius 3 is 2.00 bits per heavy atom. The van der Waals surface area contributed by atoms with E-state index in [1.54, 1.807) is 33.2 Å². The van der Waals surface area contributed by atoms with Gasteiger partial charge in [0.15, 0.2) is 0 Å². The number of nitrogens with one attached hydrogen (secondary N) is 3. The average Bonchev–Trinajstić information content (AvgIpc) is 3.44. The first kappa shape index (κ1) is 38.8. The van der Waals surface area contributed by atoms with Crippen LogP contribution in [0.5, 0.6) is 0 Å². The lowest BCUT2D eigenvalue weighted by Crippen LogP contribution is -2.59. The number of ether oxygens (including phenoxy) is 2. The topological polar surface area (TPSA) is 129 Å². The van der Waals surface area contributed by atoms with Crippen LogP contribution >= 0.6 is 0 Å². The third kappa shape index (κ3) is 10.1. The standard InChI is InChI=1S/C32H61N5O6/c1-13-21(7)28(36(10)32(41)27(20(5)6)35-31(40)26(33-9)19(3)4)24(42-11)18-25(38)37-17-15-16-23(37)29(43-12)22(8)30(39)34-14-2/h19-24,26-29,33H,13-18H2,1-12H3,(H,34,39)(H,35,40). The second kappa shape index (κ2) is 18.5. The number of nitrogens with zero attached hydrogens (tertiary/aromatic N) is 2. The smallest absolute Gasteiger partial charge is 0.245 e. The quantitative estimate of drug-likeness (QED) is 0.217. The number of hydrogen-bond acceptors (Lipinski definition) is 7. The summed E-state index contributed by atoms with van der Waals surface area (Å²) in [7, 11) is 6.64. The molecule has 3 N–H and O–H groups in total. The zero-order valence-electron chi connectivity index (χ0n) is 28.9. The van der Waals surface area contributed by atoms with Gasteiger partial charge in [-0.1, -0.05) is 54.9 Å². The fourth-order valence-corrected chi connectivity index (χ4v) is 6.38. The van der Waals surface area contributed by atoms with Crippen molar-refractivity contribution in [3.8, 4) is 0 Å². The first-order valence-corrected chi connectivity index (χ1v) is 16.1. The second-order valence-electron chi connectivity index (χ2n) is 12.7. The molecule has 0 spiro atoms. The Bertz CT molecular complexity index is 899. The van der Waals surface area contributed by atoms with Gasteiger partial charge in [0.1, 0.15) is 6.04 Å². The molecule has 0 aromatic heterocycles. The van der Waals surface area contributed by atoms with Gasteiger partial charge in [-0.3, -0.25) is 19.2 Å². The summed E-state index contributed by atoms with van der Waals surface area (Å²) in [5.74, 6) is -1.10. The van der Waals surface area contributed by atoms with Gasteiger partial charge in [0.2, 0.25) is 23.6 Å². The van der Waals surface area contributed by atoms with Crippen molar-refractivity contribution < 1.29 is 28.7 Å². The van der Waals surface area contributed by atoms with Crippen molar-refractivity contribution in [2.75, 3.05) is 41.4 Å². The molecule has 1 saturated heterocycles. The number of carbonyl (C=O) groups is 4. The minimum Gasteiger partial charge on any atom is -0.379 e. The van der Waals surface area contributed by atoms with E-state index < -0.39 is 36.3 Å². The van der Waals surface area contributed by atoms with E-state index in [1.165, 1.54) is 0 Å². The van der Waals surface area contributed by atoms with Crippen LogP contribution in [0.15, 0.2) is 0 Å². The van der Waals surface area contributed by atoms with Crippen LogP contribution in [0.3, 0.4) is 0 Å². The van der Waals surface area contributed by atoms with Crippen LogP contribution < -0.4 is 16.0 Å². The van der Waals surface area contributed by atoms with Crippen LogP contribution in [0, 0.1) is 23.7 Å². The Hall–Kier alpha value is -2.24. The molecule has 1 fully saturated rings. The van der Waals surface area contributed by atoms with Crippen molar-refractivity contribution in [3.63, 3.8) is 0 Å². The summed E-state index contributed by atoms with van der Waals surface area (Å²) >= 11 is 0. The van der Waals surface area contributed by atoms with E-state index in [4.69, 9.17) is 9.47 Å². The molecule has 0 aliphatic carbocycles. The number of carbonyl (C=O) groups excluding carboxylic acids is 4. The summed E-state index contributed by atoms with van der Waals surface area (Å²) in [5, 5.41) is 8.89. The lowest BCUT2D eigenvalue weighted by molar-refractivity contribution is -0.147. The van der Waals surface area contributed by atoms with Gasteiger partial charge in [-0.15, -0.1) is 0 Å². The summed E-state index contributed by atoms with van der Waals surface area (Å²) in [5.41, 5.74) is 0. The minimum atomic E-state index is -0.729. The Morgan fingerprint density at radius 2 is 1.53 bits per heavy atom. The van der Waals surface area contributed by atoms with Crippen LogP contribution in [0.1, 0.15) is 81.1 Å². The minimum absolute atomic E-state index is 0.0230. The summed E-state index contributed by atoms with van der Waals surface area (Å²) < 4.78 is 11.7. The van der Waals surface area contributed by atoms with Crippen LogP contribution in [0.2, 0.25) is 0 Å². The Balaban J connectivity index is 3.24. The zero-order chi connectivity index (χ0) is 33.0. The highest BCUT2D eigenvalue weighted by Gasteiger charge is 2.42. The number of likely N-dealkylation sites (tertiary alicyclic amines) is 1. The Morgan fingerprint density at radius 1 is 0.930 bits per heavy atom. The molecule has 0 radical (unpaired) electrons. The van der Waals surface area contributed by atoms with Crippen molar-refractivity contribution in [3.05, 3.63) is 0 Å². The number of likely N-dealkylation sites (N-methyl/N-ethyl adjacent to an activating group) is 2. The lowest BCUT2D eigenvalue weighted by Gasteiger charge is -2.41. The van der Waals surface area contributed by atoms with Gasteiger partial charge in [-0.25, -0.2) is 0 Å². The maximum atomic E-state index is 14.0. The third-order valence-corrected chi connectivity index (χ3v) is 9.10. The Labute approximate surface area is 260 Å². The van der Waals surface area contributed by atoms with E-state index in [0.717, 1.165) is 19.3 Å². The van der Waals surface area contributed by atoms with Gasteiger partial charge in [0.05, 0.1) is 42.7 Å².